The fourth-order valence-corrected chi connectivity index (χ4v) is 5.39. The average Bonchev–Trinajstić information content (AvgIpc) is 3.16. The number of likely N-dealkylation sites (N-methyl/N-ethyl adjacent to an activating group) is 1. The number of thiophene rings is 1. The van der Waals surface area contributed by atoms with Gasteiger partial charge in [-0.05, 0) is 38.6 Å². The van der Waals surface area contributed by atoms with Crippen LogP contribution in [0.2, 0.25) is 0 Å². The SMILES string of the molecule is CCCCCCCC(=O)OCOC(=O)N1C(N2CCN(C)CC2)=c2cc(C)sc2=Nc2ccccc21. The number of nitrogens with zero attached hydrogens (tertiary/aromatic N) is 4. The minimum absolute atomic E-state index is 0.336. The predicted molar refractivity (Wildman–Crippen MR) is 142 cm³/mol. The molecule has 3 heterocycles. The van der Waals surface area contributed by atoms with Gasteiger partial charge in [-0.1, -0.05) is 44.7 Å². The van der Waals surface area contributed by atoms with Gasteiger partial charge in [0, 0.05) is 37.5 Å². The lowest BCUT2D eigenvalue weighted by atomic mass is 10.1. The molecule has 1 saturated heterocycles. The van der Waals surface area contributed by atoms with Gasteiger partial charge < -0.3 is 19.3 Å². The minimum atomic E-state index is -0.584. The van der Waals surface area contributed by atoms with Gasteiger partial charge in [-0.3, -0.25) is 4.79 Å². The molecule has 0 spiro atoms. The van der Waals surface area contributed by atoms with Crippen molar-refractivity contribution in [3.05, 3.63) is 45.1 Å². The van der Waals surface area contributed by atoms with E-state index in [4.69, 9.17) is 14.5 Å². The molecule has 1 fully saturated rings. The van der Waals surface area contributed by atoms with Gasteiger partial charge in [0.15, 0.2) is 0 Å². The Morgan fingerprint density at radius 1 is 1.03 bits per heavy atom. The Kier molecular flexibility index (Phi) is 8.98. The smallest absolute Gasteiger partial charge is 0.423 e. The van der Waals surface area contributed by atoms with Crippen molar-refractivity contribution in [2.45, 2.75) is 52.4 Å². The third-order valence-electron chi connectivity index (χ3n) is 6.51. The summed E-state index contributed by atoms with van der Waals surface area (Å²) in [4.78, 5) is 37.8. The van der Waals surface area contributed by atoms with Crippen LogP contribution >= 0.6 is 11.3 Å². The zero-order valence-corrected chi connectivity index (χ0v) is 22.3. The zero-order valence-electron chi connectivity index (χ0n) is 21.5. The van der Waals surface area contributed by atoms with Gasteiger partial charge in [-0.25, -0.2) is 14.7 Å². The van der Waals surface area contributed by atoms with Crippen LogP contribution in [0.3, 0.4) is 0 Å². The number of hydrogen-bond acceptors (Lipinski definition) is 8. The van der Waals surface area contributed by atoms with E-state index in [-0.39, 0.29) is 5.97 Å². The first-order chi connectivity index (χ1) is 17.5. The van der Waals surface area contributed by atoms with Gasteiger partial charge in [0.1, 0.15) is 10.5 Å². The highest BCUT2D eigenvalue weighted by Gasteiger charge is 2.32. The maximum absolute atomic E-state index is 13.6. The number of anilines is 1. The molecule has 2 aromatic rings. The van der Waals surface area contributed by atoms with Gasteiger partial charge in [0.2, 0.25) is 6.79 Å². The van der Waals surface area contributed by atoms with E-state index in [0.717, 1.165) is 72.5 Å². The lowest BCUT2D eigenvalue weighted by molar-refractivity contribution is -0.151. The van der Waals surface area contributed by atoms with Crippen molar-refractivity contribution in [3.63, 3.8) is 0 Å². The standard InChI is InChI=1S/C27H36N4O4S/c1-4-5-6-7-8-13-24(32)34-19-35-27(33)31-23-12-10-9-11-22(23)28-25-21(18-20(2)36-25)26(31)30-16-14-29(3)15-17-30/h9-12,18H,4-8,13-17,19H2,1-3H3. The number of aryl methyl sites for hydroxylation is 1. The molecule has 2 aliphatic heterocycles. The summed E-state index contributed by atoms with van der Waals surface area (Å²) in [6.07, 6.45) is 4.99. The largest absolute Gasteiger partial charge is 0.428 e. The van der Waals surface area contributed by atoms with Crippen molar-refractivity contribution in [3.8, 4) is 0 Å². The Morgan fingerprint density at radius 2 is 1.78 bits per heavy atom. The molecule has 4 rings (SSSR count). The minimum Gasteiger partial charge on any atom is -0.428 e. The van der Waals surface area contributed by atoms with E-state index in [1.54, 1.807) is 16.2 Å². The number of ether oxygens (including phenoxy) is 2. The van der Waals surface area contributed by atoms with E-state index in [0.29, 0.717) is 17.8 Å². The molecule has 0 N–H and O–H groups in total. The number of amides is 1. The molecule has 1 amide bonds. The molecule has 0 atom stereocenters. The summed E-state index contributed by atoms with van der Waals surface area (Å²) < 4.78 is 11.6. The Bertz CT molecular complexity index is 1190. The Balaban J connectivity index is 1.56. The highest BCUT2D eigenvalue weighted by Crippen LogP contribution is 2.34. The first kappa shape index (κ1) is 26.2. The van der Waals surface area contributed by atoms with Crippen LogP contribution in [0.4, 0.5) is 16.2 Å². The maximum atomic E-state index is 13.6. The molecule has 36 heavy (non-hydrogen) atoms. The van der Waals surface area contributed by atoms with Crippen LogP contribution in [0.1, 0.15) is 50.3 Å². The Labute approximate surface area is 216 Å². The quantitative estimate of drug-likeness (QED) is 0.286. The van der Waals surface area contributed by atoms with Crippen LogP contribution in [0.5, 0.6) is 0 Å². The molecule has 0 bridgehead atoms. The number of para-hydroxylation sites is 2. The lowest BCUT2D eigenvalue weighted by Gasteiger charge is -2.38. The average molecular weight is 513 g/mol. The third kappa shape index (κ3) is 6.25. The van der Waals surface area contributed by atoms with E-state index in [1.807, 2.05) is 31.2 Å². The van der Waals surface area contributed by atoms with Gasteiger partial charge in [0.05, 0.1) is 16.6 Å². The number of rotatable bonds is 9. The van der Waals surface area contributed by atoms with Crippen LogP contribution in [0.25, 0.3) is 5.82 Å². The number of carbonyl (C=O) groups is 2. The summed E-state index contributed by atoms with van der Waals surface area (Å²) in [6, 6.07) is 9.66. The molecule has 0 saturated carbocycles. The third-order valence-corrected chi connectivity index (χ3v) is 7.45. The summed E-state index contributed by atoms with van der Waals surface area (Å²) in [6.45, 7) is 7.13. The van der Waals surface area contributed by atoms with Crippen LogP contribution in [0.15, 0.2) is 35.3 Å². The number of fused-ring (bicyclic) bond motifs is 2. The van der Waals surface area contributed by atoms with Gasteiger partial charge in [-0.2, -0.15) is 0 Å². The molecule has 194 valence electrons. The van der Waals surface area contributed by atoms with Crippen LogP contribution in [-0.4, -0.2) is 61.9 Å². The second-order valence-electron chi connectivity index (χ2n) is 9.33. The number of hydrogen-bond donors (Lipinski definition) is 0. The fraction of sp³-hybridized carbons (Fsp3) is 0.519. The van der Waals surface area contributed by atoms with Crippen molar-refractivity contribution < 1.29 is 19.1 Å². The number of esters is 1. The van der Waals surface area contributed by atoms with Gasteiger partial charge >= 0.3 is 12.1 Å². The molecular weight excluding hydrogens is 476 g/mol. The normalized spacial score (nSPS) is 15.6. The first-order valence-electron chi connectivity index (χ1n) is 12.8. The fourth-order valence-electron chi connectivity index (χ4n) is 4.51. The first-order valence-corrected chi connectivity index (χ1v) is 13.6. The van der Waals surface area contributed by atoms with Crippen molar-refractivity contribution in [1.82, 2.24) is 9.80 Å². The highest BCUT2D eigenvalue weighted by atomic mass is 32.1. The number of piperazine rings is 1. The molecule has 1 aromatic carbocycles. The maximum Gasteiger partial charge on any atom is 0.423 e. The predicted octanol–water partition coefficient (Wildman–Crippen LogP) is 4.14. The molecule has 1 aromatic heterocycles. The van der Waals surface area contributed by atoms with E-state index >= 15 is 0 Å². The molecule has 8 nitrogen and oxygen atoms in total. The molecule has 0 unspecified atom stereocenters. The summed E-state index contributed by atoms with van der Waals surface area (Å²) in [7, 11) is 2.10. The van der Waals surface area contributed by atoms with Crippen molar-refractivity contribution >= 4 is 40.6 Å². The molecule has 2 aliphatic rings. The molecule has 0 radical (unpaired) electrons. The van der Waals surface area contributed by atoms with Crippen LogP contribution in [0, 0.1) is 6.92 Å². The summed E-state index contributed by atoms with van der Waals surface area (Å²) in [5.41, 5.74) is 1.35. The number of benzene rings is 1. The molecular formula is C27H36N4O4S. The van der Waals surface area contributed by atoms with Crippen molar-refractivity contribution in [2.24, 2.45) is 4.99 Å². The van der Waals surface area contributed by atoms with E-state index in [2.05, 4.69) is 29.8 Å². The summed E-state index contributed by atoms with van der Waals surface area (Å²) in [5.74, 6) is 0.424. The van der Waals surface area contributed by atoms with E-state index in [1.165, 1.54) is 6.42 Å². The Hall–Kier alpha value is -2.91. The van der Waals surface area contributed by atoms with Crippen molar-refractivity contribution in [1.29, 1.82) is 0 Å². The second kappa shape index (κ2) is 12.4. The van der Waals surface area contributed by atoms with E-state index in [9.17, 15) is 9.59 Å². The summed E-state index contributed by atoms with van der Waals surface area (Å²) in [5, 5.41) is 0.916. The second-order valence-corrected chi connectivity index (χ2v) is 10.6. The topological polar surface area (TPSA) is 74.7 Å². The van der Waals surface area contributed by atoms with E-state index < -0.39 is 12.9 Å². The lowest BCUT2D eigenvalue weighted by Crippen LogP contribution is -2.51. The number of unbranched alkanes of at least 4 members (excludes halogenated alkanes) is 4. The monoisotopic (exact) mass is 512 g/mol. The molecule has 9 heteroatoms. The van der Waals surface area contributed by atoms with Gasteiger partial charge in [-0.15, -0.1) is 11.3 Å². The molecule has 0 aliphatic carbocycles. The van der Waals surface area contributed by atoms with Crippen LogP contribution in [-0.2, 0) is 14.3 Å². The summed E-state index contributed by atoms with van der Waals surface area (Å²) >= 11 is 1.61. The van der Waals surface area contributed by atoms with Gasteiger partial charge in [0.25, 0.3) is 0 Å². The zero-order chi connectivity index (χ0) is 25.5. The Morgan fingerprint density at radius 3 is 2.56 bits per heavy atom. The van der Waals surface area contributed by atoms with Crippen LogP contribution < -0.4 is 14.8 Å². The highest BCUT2D eigenvalue weighted by molar-refractivity contribution is 7.09. The number of carbonyl (C=O) groups excluding carboxylic acids is 2. The van der Waals surface area contributed by atoms with Crippen molar-refractivity contribution in [2.75, 3.05) is 44.9 Å².